The van der Waals surface area contributed by atoms with Crippen molar-refractivity contribution in [3.05, 3.63) is 35.9 Å². The number of primary amides is 1. The molecule has 0 aromatic heterocycles. The molecule has 2 atom stereocenters. The van der Waals surface area contributed by atoms with Crippen molar-refractivity contribution in [3.8, 4) is 0 Å². The molecule has 4 N–H and O–H groups in total. The smallest absolute Gasteiger partial charge is 0.408 e. The van der Waals surface area contributed by atoms with Crippen LogP contribution in [0.3, 0.4) is 0 Å². The number of nitrogens with two attached hydrogens (primary N) is 1. The summed E-state index contributed by atoms with van der Waals surface area (Å²) in [5.41, 5.74) is 3.40. The molecule has 3 amide bonds. The van der Waals surface area contributed by atoms with Crippen molar-refractivity contribution in [3.63, 3.8) is 0 Å². The van der Waals surface area contributed by atoms with Crippen molar-refractivity contribution in [2.24, 2.45) is 11.7 Å². The minimum atomic E-state index is -3.24. The number of rotatable bonds is 12. The zero-order valence-corrected chi connectivity index (χ0v) is 18.1. The highest BCUT2D eigenvalue weighted by atomic mass is 32.2. The van der Waals surface area contributed by atoms with Gasteiger partial charge in [-0.1, -0.05) is 44.2 Å². The Bertz CT molecular complexity index is 707. The van der Waals surface area contributed by atoms with Gasteiger partial charge in [0.2, 0.25) is 5.91 Å². The molecule has 168 valence electrons. The molecule has 7 nitrogen and oxygen atoms in total. The Hall–Kier alpha value is -2.36. The molecule has 0 fully saturated rings. The Morgan fingerprint density at radius 2 is 1.83 bits per heavy atom. The lowest BCUT2D eigenvalue weighted by Crippen LogP contribution is -2.66. The fourth-order valence-corrected chi connectivity index (χ4v) is 3.31. The van der Waals surface area contributed by atoms with Gasteiger partial charge in [0, 0.05) is 0 Å². The van der Waals surface area contributed by atoms with E-state index in [1.54, 1.807) is 50.4 Å². The fourth-order valence-electron chi connectivity index (χ4n) is 2.84. The third-order valence-electron chi connectivity index (χ3n) is 4.31. The quantitative estimate of drug-likeness (QED) is 0.458. The van der Waals surface area contributed by atoms with Gasteiger partial charge in [-0.05, 0) is 36.3 Å². The molecule has 0 saturated heterocycles. The summed E-state index contributed by atoms with van der Waals surface area (Å²) in [5.74, 6) is -1.88. The van der Waals surface area contributed by atoms with Crippen LogP contribution < -0.4 is 16.4 Å². The number of thioether (sulfide) groups is 1. The first-order valence-corrected chi connectivity index (χ1v) is 10.9. The zero-order valence-electron chi connectivity index (χ0n) is 17.3. The summed E-state index contributed by atoms with van der Waals surface area (Å²) in [5, 5.41) is 4.33. The van der Waals surface area contributed by atoms with Crippen molar-refractivity contribution in [2.75, 3.05) is 12.0 Å². The Balaban J connectivity index is 3.01. The lowest BCUT2D eigenvalue weighted by atomic mass is 9.87. The number of nitrogens with one attached hydrogen (secondary N) is 2. The van der Waals surface area contributed by atoms with Gasteiger partial charge in [0.1, 0.15) is 12.6 Å². The van der Waals surface area contributed by atoms with Gasteiger partial charge >= 0.3 is 6.09 Å². The number of alkyl carbamates (subject to hydrolysis) is 1. The molecule has 0 aliphatic heterocycles. The van der Waals surface area contributed by atoms with Crippen LogP contribution in [-0.4, -0.2) is 47.9 Å². The second-order valence-electron chi connectivity index (χ2n) is 7.27. The van der Waals surface area contributed by atoms with Gasteiger partial charge in [-0.15, -0.1) is 0 Å². The van der Waals surface area contributed by atoms with Crippen molar-refractivity contribution >= 4 is 29.7 Å². The maximum atomic E-state index is 14.1. The minimum Gasteiger partial charge on any atom is -0.445 e. The molecule has 0 bridgehead atoms. The van der Waals surface area contributed by atoms with Crippen molar-refractivity contribution < 1.29 is 27.9 Å². The van der Waals surface area contributed by atoms with E-state index < -0.39 is 35.9 Å². The number of amides is 3. The largest absolute Gasteiger partial charge is 0.445 e. The predicted octanol–water partition coefficient (Wildman–Crippen LogP) is 2.69. The number of hydrogen-bond acceptors (Lipinski definition) is 5. The number of alkyl halides is 2. The Kier molecular flexibility index (Phi) is 10.6. The zero-order chi connectivity index (χ0) is 22.7. The minimum absolute atomic E-state index is 0.146. The van der Waals surface area contributed by atoms with Crippen LogP contribution in [0.5, 0.6) is 0 Å². The van der Waals surface area contributed by atoms with E-state index >= 15 is 0 Å². The normalized spacial score (nSPS) is 14.1. The van der Waals surface area contributed by atoms with E-state index in [1.807, 2.05) is 0 Å². The molecule has 0 radical (unpaired) electrons. The standard InChI is InChI=1S/C20H29F2N3O4S/c1-13(2)11-20(17(21)22,18(27)24-15(16(23)26)9-10-30-3)25-19(28)29-12-14-7-5-4-6-8-14/h4-8,13,15,17H,9-12H2,1-3H3,(H2,23,26)(H,24,27)(H,25,28)/t15-,20?/m0/s1. The van der Waals surface area contributed by atoms with Gasteiger partial charge in [0.05, 0.1) is 0 Å². The number of ether oxygens (including phenoxy) is 1. The van der Waals surface area contributed by atoms with Crippen LogP contribution in [0, 0.1) is 5.92 Å². The van der Waals surface area contributed by atoms with Crippen molar-refractivity contribution in [1.29, 1.82) is 0 Å². The summed E-state index contributed by atoms with van der Waals surface area (Å²) < 4.78 is 33.3. The van der Waals surface area contributed by atoms with Gasteiger partial charge < -0.3 is 21.1 Å². The van der Waals surface area contributed by atoms with E-state index in [1.165, 1.54) is 11.8 Å². The topological polar surface area (TPSA) is 111 Å². The molecule has 0 aliphatic rings. The maximum absolute atomic E-state index is 14.1. The predicted molar refractivity (Wildman–Crippen MR) is 112 cm³/mol. The number of carbonyl (C=O) groups excluding carboxylic acids is 3. The third kappa shape index (κ3) is 7.81. The summed E-state index contributed by atoms with van der Waals surface area (Å²) in [7, 11) is 0. The molecule has 0 saturated carbocycles. The molecule has 0 heterocycles. The van der Waals surface area contributed by atoms with Crippen LogP contribution in [0.2, 0.25) is 0 Å². The molecule has 0 spiro atoms. The first-order chi connectivity index (χ1) is 14.1. The van der Waals surface area contributed by atoms with Crippen LogP contribution in [0.15, 0.2) is 30.3 Å². The van der Waals surface area contributed by atoms with Crippen molar-refractivity contribution in [2.45, 2.75) is 51.3 Å². The molecular formula is C20H29F2N3O4S. The number of benzene rings is 1. The lowest BCUT2D eigenvalue weighted by molar-refractivity contribution is -0.138. The molecule has 0 aliphatic carbocycles. The van der Waals surface area contributed by atoms with Crippen LogP contribution in [0.4, 0.5) is 13.6 Å². The van der Waals surface area contributed by atoms with Crippen LogP contribution in [-0.2, 0) is 20.9 Å². The van der Waals surface area contributed by atoms with E-state index in [9.17, 15) is 23.2 Å². The average Bonchev–Trinajstić information content (AvgIpc) is 2.68. The first-order valence-electron chi connectivity index (χ1n) is 9.48. The second kappa shape index (κ2) is 12.4. The molecule has 1 rings (SSSR count). The first kappa shape index (κ1) is 25.7. The Morgan fingerprint density at radius 3 is 2.33 bits per heavy atom. The van der Waals surface area contributed by atoms with Crippen LogP contribution in [0.1, 0.15) is 32.3 Å². The monoisotopic (exact) mass is 445 g/mol. The highest BCUT2D eigenvalue weighted by Crippen LogP contribution is 2.26. The fraction of sp³-hybridized carbons (Fsp3) is 0.550. The van der Waals surface area contributed by atoms with Gasteiger partial charge in [0.25, 0.3) is 12.3 Å². The summed E-state index contributed by atoms with van der Waals surface area (Å²) in [6.45, 7) is 3.13. The van der Waals surface area contributed by atoms with Crippen molar-refractivity contribution in [1.82, 2.24) is 10.6 Å². The summed E-state index contributed by atoms with van der Waals surface area (Å²) in [4.78, 5) is 36.8. The molecule has 1 unspecified atom stereocenters. The Labute approximate surface area is 179 Å². The summed E-state index contributed by atoms with van der Waals surface area (Å²) in [6.07, 6.45) is -2.77. The molecule has 1 aromatic rings. The van der Waals surface area contributed by atoms with Crippen LogP contribution in [0.25, 0.3) is 0 Å². The number of carbonyl (C=O) groups is 3. The SMILES string of the molecule is CSCC[C@H](NC(=O)C(CC(C)C)(NC(=O)OCc1ccccc1)C(F)F)C(N)=O. The molecule has 30 heavy (non-hydrogen) atoms. The summed E-state index contributed by atoms with van der Waals surface area (Å²) >= 11 is 1.42. The number of hydrogen-bond donors (Lipinski definition) is 3. The van der Waals surface area contributed by atoms with Gasteiger partial charge in [0.15, 0.2) is 5.54 Å². The van der Waals surface area contributed by atoms with E-state index in [4.69, 9.17) is 10.5 Å². The van der Waals surface area contributed by atoms with Gasteiger partial charge in [-0.3, -0.25) is 9.59 Å². The number of halogens is 2. The van der Waals surface area contributed by atoms with Gasteiger partial charge in [-0.25, -0.2) is 13.6 Å². The highest BCUT2D eigenvalue weighted by Gasteiger charge is 2.50. The molecule has 10 heteroatoms. The van der Waals surface area contributed by atoms with Crippen LogP contribution >= 0.6 is 11.8 Å². The Morgan fingerprint density at radius 1 is 1.20 bits per heavy atom. The lowest BCUT2D eigenvalue weighted by Gasteiger charge is -2.34. The van der Waals surface area contributed by atoms with Gasteiger partial charge in [-0.2, -0.15) is 11.8 Å². The van der Waals surface area contributed by atoms with E-state index in [0.717, 1.165) is 0 Å². The molecule has 1 aromatic carbocycles. The van der Waals surface area contributed by atoms with E-state index in [-0.39, 0.29) is 25.4 Å². The maximum Gasteiger partial charge on any atom is 0.408 e. The third-order valence-corrected chi connectivity index (χ3v) is 4.95. The average molecular weight is 446 g/mol. The highest BCUT2D eigenvalue weighted by molar-refractivity contribution is 7.98. The molecular weight excluding hydrogens is 416 g/mol. The van der Waals surface area contributed by atoms with E-state index in [0.29, 0.717) is 11.3 Å². The summed E-state index contributed by atoms with van der Waals surface area (Å²) in [6, 6.07) is 7.55. The second-order valence-corrected chi connectivity index (χ2v) is 8.25. The van der Waals surface area contributed by atoms with E-state index in [2.05, 4.69) is 10.6 Å².